The maximum atomic E-state index is 12.2. The van der Waals surface area contributed by atoms with Crippen molar-refractivity contribution in [2.24, 2.45) is 11.8 Å². The van der Waals surface area contributed by atoms with E-state index in [1.165, 1.54) is 21.0 Å². The third-order valence-corrected chi connectivity index (χ3v) is 7.59. The Morgan fingerprint density at radius 3 is 1.74 bits per heavy atom. The van der Waals surface area contributed by atoms with E-state index < -0.39 is 18.2 Å². The van der Waals surface area contributed by atoms with E-state index in [0.717, 1.165) is 34.1 Å². The van der Waals surface area contributed by atoms with Gasteiger partial charge in [0.25, 0.3) is 0 Å². The van der Waals surface area contributed by atoms with Crippen LogP contribution in [0.2, 0.25) is 0 Å². The molecule has 0 aliphatic heterocycles. The minimum absolute atomic E-state index is 0.0117. The molecule has 8 nitrogen and oxygen atoms in total. The van der Waals surface area contributed by atoms with E-state index in [0.29, 0.717) is 11.3 Å². The second-order valence-electron chi connectivity index (χ2n) is 9.28. The van der Waals surface area contributed by atoms with Crippen molar-refractivity contribution < 1.29 is 38.1 Å². The van der Waals surface area contributed by atoms with Gasteiger partial charge in [0.05, 0.1) is 26.9 Å². The highest BCUT2D eigenvalue weighted by Gasteiger charge is 2.60. The number of esters is 3. The number of ether oxygens (including phenoxy) is 5. The maximum Gasteiger partial charge on any atom is 0.337 e. The van der Waals surface area contributed by atoms with Gasteiger partial charge in [0.1, 0.15) is 23.7 Å². The van der Waals surface area contributed by atoms with Crippen LogP contribution < -0.4 is 9.47 Å². The van der Waals surface area contributed by atoms with Gasteiger partial charge in [-0.25, -0.2) is 4.79 Å². The molecule has 2 bridgehead atoms. The number of hydrogen-bond acceptors (Lipinski definition) is 8. The van der Waals surface area contributed by atoms with Crippen molar-refractivity contribution in [1.82, 2.24) is 0 Å². The summed E-state index contributed by atoms with van der Waals surface area (Å²) in [5, 5.41) is 1.58. The summed E-state index contributed by atoms with van der Waals surface area (Å²) in [6, 6.07) is 5.32. The molecule has 0 spiro atoms. The van der Waals surface area contributed by atoms with Gasteiger partial charge in [0, 0.05) is 47.6 Å². The van der Waals surface area contributed by atoms with Crippen LogP contribution in [0.5, 0.6) is 11.5 Å². The molecule has 6 unspecified atom stereocenters. The highest BCUT2D eigenvalue weighted by molar-refractivity contribution is 6.02. The summed E-state index contributed by atoms with van der Waals surface area (Å²) in [7, 11) is 4.59. The molecule has 0 heterocycles. The van der Waals surface area contributed by atoms with Crippen molar-refractivity contribution in [1.29, 1.82) is 0 Å². The summed E-state index contributed by atoms with van der Waals surface area (Å²) in [5.74, 6) is 0.0754. The van der Waals surface area contributed by atoms with Crippen LogP contribution in [0.1, 0.15) is 53.6 Å². The Labute approximate surface area is 203 Å². The van der Waals surface area contributed by atoms with Crippen LogP contribution in [0.4, 0.5) is 0 Å². The molecule has 0 N–H and O–H groups in total. The molecule has 0 radical (unpaired) electrons. The van der Waals surface area contributed by atoms with Crippen molar-refractivity contribution >= 4 is 28.7 Å². The van der Waals surface area contributed by atoms with Gasteiger partial charge in [-0.3, -0.25) is 9.59 Å². The highest BCUT2D eigenvalue weighted by Crippen LogP contribution is 2.68. The van der Waals surface area contributed by atoms with Crippen molar-refractivity contribution in [3.05, 3.63) is 47.0 Å². The van der Waals surface area contributed by atoms with Gasteiger partial charge in [-0.1, -0.05) is 0 Å². The highest BCUT2D eigenvalue weighted by atomic mass is 16.6. The summed E-state index contributed by atoms with van der Waals surface area (Å²) in [5.41, 5.74) is 2.44. The maximum absolute atomic E-state index is 12.2. The molecule has 3 aliphatic rings. The molecule has 2 aromatic rings. The Bertz CT molecular complexity index is 1260. The summed E-state index contributed by atoms with van der Waals surface area (Å²) >= 11 is 0. The average molecular weight is 481 g/mol. The van der Waals surface area contributed by atoms with E-state index in [1.807, 2.05) is 18.2 Å². The topological polar surface area (TPSA) is 97.4 Å². The second-order valence-corrected chi connectivity index (χ2v) is 9.28. The predicted octanol–water partition coefficient (Wildman–Crippen LogP) is 3.89. The lowest BCUT2D eigenvalue weighted by Gasteiger charge is -2.42. The molecule has 3 aliphatic carbocycles. The van der Waals surface area contributed by atoms with Gasteiger partial charge in [-0.15, -0.1) is 0 Å². The van der Waals surface area contributed by atoms with Gasteiger partial charge in [-0.2, -0.15) is 0 Å². The summed E-state index contributed by atoms with van der Waals surface area (Å²) < 4.78 is 28.2. The fourth-order valence-electron chi connectivity index (χ4n) is 6.62. The molecule has 5 rings (SSSR count). The molecule has 0 amide bonds. The van der Waals surface area contributed by atoms with E-state index in [4.69, 9.17) is 23.7 Å². The van der Waals surface area contributed by atoms with Crippen molar-refractivity contribution in [3.8, 4) is 11.5 Å². The fourth-order valence-corrected chi connectivity index (χ4v) is 6.62. The molecular formula is C27H28O8. The molecule has 35 heavy (non-hydrogen) atoms. The van der Waals surface area contributed by atoms with Crippen molar-refractivity contribution in [3.63, 3.8) is 0 Å². The van der Waals surface area contributed by atoms with Gasteiger partial charge < -0.3 is 23.7 Å². The standard InChI is InChI=1S/C27H28O8/c1-12(28)34-19-8-9-20(35-13(2)29)22-18-11-17(21(19)22)23-24(18)26(32-4)16-10-14(27(30)33-5)6-7-15(16)25(23)31-3/h6-10,17-22H,11H2,1-5H3. The van der Waals surface area contributed by atoms with Gasteiger partial charge in [0.2, 0.25) is 0 Å². The Balaban J connectivity index is 1.74. The number of rotatable bonds is 5. The molecule has 184 valence electrons. The van der Waals surface area contributed by atoms with E-state index in [9.17, 15) is 14.4 Å². The number of methoxy groups -OCH3 is 3. The zero-order valence-corrected chi connectivity index (χ0v) is 20.3. The first-order chi connectivity index (χ1) is 16.8. The van der Waals surface area contributed by atoms with Crippen LogP contribution in [0.15, 0.2) is 30.4 Å². The third-order valence-electron chi connectivity index (χ3n) is 7.59. The lowest BCUT2D eigenvalue weighted by atomic mass is 9.67. The number of benzene rings is 2. The molecule has 1 saturated carbocycles. The molecule has 6 atom stereocenters. The zero-order chi connectivity index (χ0) is 25.0. The fraction of sp³-hybridized carbons (Fsp3) is 0.444. The van der Waals surface area contributed by atoms with Gasteiger partial charge >= 0.3 is 17.9 Å². The van der Waals surface area contributed by atoms with Crippen LogP contribution in [0.3, 0.4) is 0 Å². The molecule has 2 aromatic carbocycles. The number of fused-ring (bicyclic) bond motifs is 9. The lowest BCUT2D eigenvalue weighted by Crippen LogP contribution is -2.43. The first-order valence-electron chi connectivity index (χ1n) is 11.6. The second kappa shape index (κ2) is 8.59. The first-order valence-corrected chi connectivity index (χ1v) is 11.6. The van der Waals surface area contributed by atoms with E-state index >= 15 is 0 Å². The minimum Gasteiger partial charge on any atom is -0.496 e. The van der Waals surface area contributed by atoms with E-state index in [2.05, 4.69) is 0 Å². The molecular weight excluding hydrogens is 452 g/mol. The summed E-state index contributed by atoms with van der Waals surface area (Å²) in [6.45, 7) is 2.80. The molecule has 1 fully saturated rings. The zero-order valence-electron chi connectivity index (χ0n) is 20.3. The Hall–Kier alpha value is -3.55. The Kier molecular flexibility index (Phi) is 5.69. The summed E-state index contributed by atoms with van der Waals surface area (Å²) in [4.78, 5) is 36.0. The Morgan fingerprint density at radius 1 is 0.771 bits per heavy atom. The van der Waals surface area contributed by atoms with Crippen LogP contribution in [-0.2, 0) is 23.8 Å². The van der Waals surface area contributed by atoms with E-state index in [1.54, 1.807) is 26.4 Å². The number of hydrogen-bond donors (Lipinski definition) is 0. The first kappa shape index (κ1) is 23.2. The van der Waals surface area contributed by atoms with Crippen molar-refractivity contribution in [2.75, 3.05) is 21.3 Å². The smallest absolute Gasteiger partial charge is 0.337 e. The van der Waals surface area contributed by atoms with Gasteiger partial charge in [0.15, 0.2) is 0 Å². The van der Waals surface area contributed by atoms with Crippen LogP contribution >= 0.6 is 0 Å². The van der Waals surface area contributed by atoms with Crippen LogP contribution in [0, 0.1) is 11.8 Å². The normalized spacial score (nSPS) is 27.7. The molecule has 8 heteroatoms. The predicted molar refractivity (Wildman–Crippen MR) is 126 cm³/mol. The van der Waals surface area contributed by atoms with Crippen LogP contribution in [0.25, 0.3) is 10.8 Å². The lowest BCUT2D eigenvalue weighted by molar-refractivity contribution is -0.155. The minimum atomic E-state index is -0.444. The summed E-state index contributed by atoms with van der Waals surface area (Å²) in [6.07, 6.45) is 3.58. The average Bonchev–Trinajstić information content (AvgIpc) is 3.40. The van der Waals surface area contributed by atoms with Crippen molar-refractivity contribution in [2.45, 2.75) is 44.3 Å². The number of carbonyl (C=O) groups is 3. The van der Waals surface area contributed by atoms with Crippen LogP contribution in [-0.4, -0.2) is 51.4 Å². The number of carbonyl (C=O) groups excluding carboxylic acids is 3. The third kappa shape index (κ3) is 3.46. The largest absolute Gasteiger partial charge is 0.496 e. The SMILES string of the molecule is COC(=O)c1ccc2c(OC)c3c(c(OC)c2c1)C1CC3C2C(OC(C)=O)C=CC(OC(C)=O)C12. The Morgan fingerprint density at radius 2 is 1.29 bits per heavy atom. The van der Waals surface area contributed by atoms with E-state index in [-0.39, 0.29) is 35.6 Å². The molecule has 0 aromatic heterocycles. The molecule has 0 saturated heterocycles. The quantitative estimate of drug-likeness (QED) is 0.361. The van der Waals surface area contributed by atoms with Gasteiger partial charge in [-0.05, 0) is 48.6 Å². The monoisotopic (exact) mass is 480 g/mol.